The van der Waals surface area contributed by atoms with Crippen LogP contribution >= 0.6 is 0 Å². The number of methoxy groups -OCH3 is 1. The van der Waals surface area contributed by atoms with Crippen molar-refractivity contribution >= 4 is 27.9 Å². The van der Waals surface area contributed by atoms with Gasteiger partial charge in [-0.15, -0.1) is 0 Å². The normalized spacial score (nSPS) is 10.9. The van der Waals surface area contributed by atoms with E-state index in [0.717, 1.165) is 21.9 Å². The second kappa shape index (κ2) is 3.59. The molecule has 0 saturated carbocycles. The summed E-state index contributed by atoms with van der Waals surface area (Å²) in [4.78, 5) is 19.2. The van der Waals surface area contributed by atoms with Crippen LogP contribution in [0, 0.1) is 0 Å². The number of pyridine rings is 1. The van der Waals surface area contributed by atoms with Gasteiger partial charge in [-0.3, -0.25) is 4.98 Å². The minimum Gasteiger partial charge on any atom is -0.465 e. The largest absolute Gasteiger partial charge is 0.465 e. The molecule has 0 atom stereocenters. The summed E-state index contributed by atoms with van der Waals surface area (Å²) in [5.41, 5.74) is 3.09. The van der Waals surface area contributed by atoms with Crippen LogP contribution in [0.2, 0.25) is 0 Å². The van der Waals surface area contributed by atoms with Crippen molar-refractivity contribution in [1.82, 2.24) is 9.97 Å². The number of carbonyl (C=O) groups excluding carboxylic acids is 1. The maximum Gasteiger partial charge on any atom is 0.339 e. The van der Waals surface area contributed by atoms with Crippen molar-refractivity contribution in [2.24, 2.45) is 0 Å². The lowest BCUT2D eigenvalue weighted by molar-refractivity contribution is 0.0603. The van der Waals surface area contributed by atoms with E-state index >= 15 is 0 Å². The molecule has 17 heavy (non-hydrogen) atoms. The fourth-order valence-corrected chi connectivity index (χ4v) is 2.02. The number of nitrogens with one attached hydrogen (secondary N) is 1. The summed E-state index contributed by atoms with van der Waals surface area (Å²) < 4.78 is 4.76. The predicted octanol–water partition coefficient (Wildman–Crippen LogP) is 2.50. The summed E-state index contributed by atoms with van der Waals surface area (Å²) in [6.07, 6.45) is 1.74. The lowest BCUT2D eigenvalue weighted by Gasteiger charge is -1.99. The minimum atomic E-state index is -0.345. The highest BCUT2D eigenvalue weighted by atomic mass is 16.5. The summed E-state index contributed by atoms with van der Waals surface area (Å²) in [5, 5.41) is 0.934. The molecule has 4 heteroatoms. The minimum absolute atomic E-state index is 0.345. The molecule has 0 aliphatic rings. The topological polar surface area (TPSA) is 55.0 Å². The maximum absolute atomic E-state index is 11.6. The Morgan fingerprint density at radius 1 is 1.29 bits per heavy atom. The zero-order valence-corrected chi connectivity index (χ0v) is 9.23. The molecule has 84 valence electrons. The molecule has 3 rings (SSSR count). The van der Waals surface area contributed by atoms with Crippen LogP contribution < -0.4 is 0 Å². The highest BCUT2D eigenvalue weighted by Crippen LogP contribution is 2.26. The van der Waals surface area contributed by atoms with Gasteiger partial charge < -0.3 is 9.72 Å². The number of benzene rings is 1. The fourth-order valence-electron chi connectivity index (χ4n) is 2.02. The van der Waals surface area contributed by atoms with Crippen molar-refractivity contribution in [3.8, 4) is 0 Å². The monoisotopic (exact) mass is 226 g/mol. The Morgan fingerprint density at radius 3 is 3.00 bits per heavy atom. The smallest absolute Gasteiger partial charge is 0.339 e. The highest BCUT2D eigenvalue weighted by Gasteiger charge is 2.13. The number of para-hydroxylation sites is 1. The van der Waals surface area contributed by atoms with Crippen molar-refractivity contribution in [3.63, 3.8) is 0 Å². The molecule has 0 spiro atoms. The zero-order valence-electron chi connectivity index (χ0n) is 9.23. The second-order valence-corrected chi connectivity index (χ2v) is 3.74. The van der Waals surface area contributed by atoms with E-state index in [1.54, 1.807) is 12.3 Å². The molecule has 3 aromatic rings. The van der Waals surface area contributed by atoms with E-state index < -0.39 is 0 Å². The number of H-pyrrole nitrogens is 1. The van der Waals surface area contributed by atoms with Crippen LogP contribution in [0.5, 0.6) is 0 Å². The van der Waals surface area contributed by atoms with Gasteiger partial charge in [0, 0.05) is 11.6 Å². The van der Waals surface area contributed by atoms with Gasteiger partial charge >= 0.3 is 5.97 Å². The molecule has 1 aromatic carbocycles. The van der Waals surface area contributed by atoms with Crippen LogP contribution in [0.25, 0.3) is 21.9 Å². The van der Waals surface area contributed by atoms with E-state index in [2.05, 4.69) is 9.97 Å². The van der Waals surface area contributed by atoms with E-state index in [4.69, 9.17) is 4.74 Å². The zero-order chi connectivity index (χ0) is 11.8. The Hall–Kier alpha value is -2.36. The first-order valence-corrected chi connectivity index (χ1v) is 5.25. The van der Waals surface area contributed by atoms with Gasteiger partial charge in [-0.1, -0.05) is 12.1 Å². The molecular formula is C13H10N2O2. The molecule has 0 saturated heterocycles. The second-order valence-electron chi connectivity index (χ2n) is 3.74. The number of aromatic amines is 1. The summed E-state index contributed by atoms with van der Waals surface area (Å²) in [6.45, 7) is 0. The lowest BCUT2D eigenvalue weighted by Crippen LogP contribution is -2.01. The number of ether oxygens (including phenoxy) is 1. The third kappa shape index (κ3) is 1.38. The molecule has 0 radical (unpaired) electrons. The van der Waals surface area contributed by atoms with Gasteiger partial charge in [0.25, 0.3) is 0 Å². The first-order valence-electron chi connectivity index (χ1n) is 5.25. The third-order valence-electron chi connectivity index (χ3n) is 2.79. The van der Waals surface area contributed by atoms with Crippen LogP contribution in [0.4, 0.5) is 0 Å². The molecule has 1 N–H and O–H groups in total. The van der Waals surface area contributed by atoms with Gasteiger partial charge in [-0.2, -0.15) is 0 Å². The molecule has 0 amide bonds. The van der Waals surface area contributed by atoms with Crippen molar-refractivity contribution in [2.75, 3.05) is 7.11 Å². The molecule has 4 nitrogen and oxygen atoms in total. The number of rotatable bonds is 1. The Bertz CT molecular complexity index is 716. The molecular weight excluding hydrogens is 216 g/mol. The first kappa shape index (κ1) is 9.84. The van der Waals surface area contributed by atoms with Crippen LogP contribution in [0.15, 0.2) is 36.5 Å². The number of hydrogen-bond acceptors (Lipinski definition) is 3. The summed E-state index contributed by atoms with van der Waals surface area (Å²) in [7, 11) is 1.38. The van der Waals surface area contributed by atoms with Crippen LogP contribution in [-0.2, 0) is 4.74 Å². The molecule has 2 aromatic heterocycles. The van der Waals surface area contributed by atoms with Gasteiger partial charge in [0.1, 0.15) is 0 Å². The van der Waals surface area contributed by atoms with E-state index in [-0.39, 0.29) is 5.97 Å². The standard InChI is InChI=1S/C13H10N2O2/c1-17-13(16)9-5-2-4-8-11(9)15-10-6-3-7-14-12(8)10/h2-7,15H,1H3. The number of hydrogen-bond donors (Lipinski definition) is 1. The predicted molar refractivity (Wildman–Crippen MR) is 64.9 cm³/mol. The quantitative estimate of drug-likeness (QED) is 0.648. The number of aromatic nitrogens is 2. The van der Waals surface area contributed by atoms with Crippen LogP contribution in [0.1, 0.15) is 10.4 Å². The third-order valence-corrected chi connectivity index (χ3v) is 2.79. The number of carbonyl (C=O) groups is 1. The average molecular weight is 226 g/mol. The first-order chi connectivity index (χ1) is 8.31. The molecule has 0 fully saturated rings. The van der Waals surface area contributed by atoms with Crippen molar-refractivity contribution in [2.45, 2.75) is 0 Å². The molecule has 0 aliphatic carbocycles. The van der Waals surface area contributed by atoms with Gasteiger partial charge in [0.2, 0.25) is 0 Å². The molecule has 0 aliphatic heterocycles. The Morgan fingerprint density at radius 2 is 2.18 bits per heavy atom. The fraction of sp³-hybridized carbons (Fsp3) is 0.0769. The highest BCUT2D eigenvalue weighted by molar-refractivity contribution is 6.12. The summed E-state index contributed by atoms with van der Waals surface area (Å²) in [6, 6.07) is 9.30. The Balaban J connectivity index is 2.43. The van der Waals surface area contributed by atoms with Crippen molar-refractivity contribution < 1.29 is 9.53 Å². The number of esters is 1. The Kier molecular flexibility index (Phi) is 2.08. The van der Waals surface area contributed by atoms with Crippen LogP contribution in [0.3, 0.4) is 0 Å². The van der Waals surface area contributed by atoms with Gasteiger partial charge in [-0.05, 0) is 18.2 Å². The number of fused-ring (bicyclic) bond motifs is 3. The SMILES string of the molecule is COC(=O)c1cccc2c1[nH]c1cccnc12. The molecule has 0 bridgehead atoms. The molecule has 2 heterocycles. The summed E-state index contributed by atoms with van der Waals surface area (Å²) >= 11 is 0. The average Bonchev–Trinajstić information content (AvgIpc) is 2.76. The van der Waals surface area contributed by atoms with Gasteiger partial charge in [0.05, 0.1) is 29.2 Å². The van der Waals surface area contributed by atoms with Gasteiger partial charge in [0.15, 0.2) is 0 Å². The van der Waals surface area contributed by atoms with E-state index in [9.17, 15) is 4.79 Å². The Labute approximate surface area is 97.2 Å². The maximum atomic E-state index is 11.6. The van der Waals surface area contributed by atoms with E-state index in [1.807, 2.05) is 24.3 Å². The molecule has 0 unspecified atom stereocenters. The van der Waals surface area contributed by atoms with E-state index in [1.165, 1.54) is 7.11 Å². The van der Waals surface area contributed by atoms with Crippen molar-refractivity contribution in [1.29, 1.82) is 0 Å². The van der Waals surface area contributed by atoms with E-state index in [0.29, 0.717) is 5.56 Å². The van der Waals surface area contributed by atoms with Gasteiger partial charge in [-0.25, -0.2) is 4.79 Å². The van der Waals surface area contributed by atoms with Crippen LogP contribution in [-0.4, -0.2) is 23.0 Å². The lowest BCUT2D eigenvalue weighted by atomic mass is 10.1. The number of nitrogens with zero attached hydrogens (tertiary/aromatic N) is 1. The summed E-state index contributed by atoms with van der Waals surface area (Å²) in [5.74, 6) is -0.345. The van der Waals surface area contributed by atoms with Crippen molar-refractivity contribution in [3.05, 3.63) is 42.1 Å².